The van der Waals surface area contributed by atoms with Gasteiger partial charge in [0, 0.05) is 60.7 Å². The van der Waals surface area contributed by atoms with Crippen LogP contribution in [0.3, 0.4) is 0 Å². The third kappa shape index (κ3) is 42.1. The van der Waals surface area contributed by atoms with Gasteiger partial charge in [-0.3, -0.25) is 25.0 Å². The van der Waals surface area contributed by atoms with Gasteiger partial charge in [-0.05, 0) is 267 Å². The van der Waals surface area contributed by atoms with E-state index in [1.165, 1.54) is 169 Å². The second-order valence-corrected chi connectivity index (χ2v) is 38.7. The van der Waals surface area contributed by atoms with Gasteiger partial charge in [0.2, 0.25) is 0 Å². The SMILES string of the molecule is C1=CCC=C1.C1=CCC=C1.C1=CCC=C1.C1=CCC=C1.C1=CCC=C1.CC1=Nc2ccc(-c3ccccc3)cc2C1(C)CCC1C=CC=C1.CC1=Nc2ccc(C)cc2C1(C)CCCCC1C=CC=C1.CC1=Nc2ccc(Cl)cc2C1(C)CCCCC1C=CC=C1.CC1=Nc2ccc(F)cc2C1(C)CCCCC1C=CC=C1.CC1=Nc2ccccc2C1(C)CCCCC1C=CC=C1.[CH3-].[CH3-].[CH3-].[CH3-].[CH3-].[CH3-].[CH3-].[CH3-].[CH3-].[CH3-].[Fe+2].[Fe+2].[Fe+2].[Fe+2].[Fe+2]. The van der Waals surface area contributed by atoms with Crippen LogP contribution in [0.25, 0.3) is 11.1 Å². The van der Waals surface area contributed by atoms with Crippen molar-refractivity contribution in [2.75, 3.05) is 0 Å². The monoisotopic (exact) mass is 2200 g/mol. The number of aryl methyl sites for hydroxylation is 1. The molecule has 0 spiro atoms. The molecule has 21 rings (SSSR count). The van der Waals surface area contributed by atoms with Gasteiger partial charge in [0.1, 0.15) is 5.82 Å². The summed E-state index contributed by atoms with van der Waals surface area (Å²) in [6.45, 7) is 24.5. The minimum absolute atomic E-state index is 0. The van der Waals surface area contributed by atoms with Crippen LogP contribution < -0.4 is 0 Å². The van der Waals surface area contributed by atoms with Crippen molar-refractivity contribution in [3.63, 3.8) is 0 Å². The van der Waals surface area contributed by atoms with Crippen molar-refractivity contribution in [3.8, 4) is 11.1 Å². The number of nitrogens with zero attached hydrogens (tertiary/aromatic N) is 5. The average molecular weight is 2200 g/mol. The van der Waals surface area contributed by atoms with Crippen molar-refractivity contribution in [3.05, 3.63) is 489 Å². The van der Waals surface area contributed by atoms with Crippen LogP contribution in [-0.4, -0.2) is 28.6 Å². The van der Waals surface area contributed by atoms with E-state index >= 15 is 0 Å². The van der Waals surface area contributed by atoms with Crippen molar-refractivity contribution >= 4 is 68.6 Å². The molecule has 0 N–H and O–H groups in total. The molecule has 5 heterocycles. The second kappa shape index (κ2) is 74.3. The number of hydrogen-bond acceptors (Lipinski definition) is 5. The quantitative estimate of drug-likeness (QED) is 0.0329. The molecular weight excluding hydrogens is 2030 g/mol. The molecule has 147 heavy (non-hydrogen) atoms. The standard InChI is InChI=1S/C23H23N.C20H25N.C19H22ClN.C19H22FN.C19H23N.5C5H6.10CH3.5Fe/c1-17-23(2,15-14-18-8-6-7-9-18)21-16-20(12-13-22(21)24-17)19-10-4-3-5-11-19;1-15-11-12-19-18(14-15)20(3,16(2)21-19)13-7-6-10-17-8-4-5-9-17;2*1-14-19(2,12-6-5-9-15-7-3-4-8-15)17-13-16(20)10-11-18(17)21-14;1-15-19(2,17-12-5-6-13-18(17)20-15)14-8-7-11-16-9-3-4-10-16;5*1-2-4-5-3-1;;;;;;;;;;;;;;;/h3-13,16,18H,14-15H2,1-2H3;4-5,8-9,11-12,14,17H,6-7,10,13H2,1-3H3;2*3-4,7-8,10-11,13,15H,5-6,9,12H2,1-2H3;3-6,9-10,12-13,16H,7-8,11,14H2,1-2H3;5*1-4H,5H2;10*1H3;;;;;/q;;;;;;;;;;10*-1;5*+2. The Labute approximate surface area is 955 Å². The third-order valence-electron chi connectivity index (χ3n) is 28.7. The first-order valence-electron chi connectivity index (χ1n) is 49.3. The minimum Gasteiger partial charge on any atom is -0.358 e. The number of para-hydroxylation sites is 1. The second-order valence-electron chi connectivity index (χ2n) is 38.3. The van der Waals surface area contributed by atoms with Crippen LogP contribution in [0.15, 0.2) is 395 Å². The number of aliphatic imine (C=N–C) groups is 5. The van der Waals surface area contributed by atoms with Crippen LogP contribution in [0.2, 0.25) is 5.02 Å². The predicted octanol–water partition coefficient (Wildman–Crippen LogP) is 40.8. The normalized spacial score (nSPS) is 20.0. The van der Waals surface area contributed by atoms with Crippen LogP contribution in [0.1, 0.15) is 250 Å². The molecule has 0 aromatic heterocycles. The van der Waals surface area contributed by atoms with Crippen molar-refractivity contribution in [2.45, 2.75) is 251 Å². The summed E-state index contributed by atoms with van der Waals surface area (Å²) in [6.07, 6.45) is 114. The summed E-state index contributed by atoms with van der Waals surface area (Å²) in [5.41, 5.74) is 22.5. The first-order valence-corrected chi connectivity index (χ1v) is 49.7. The number of benzene rings is 6. The average Bonchev–Trinajstić information content (AvgIpc) is 1.59. The molecule has 15 aliphatic rings. The van der Waals surface area contributed by atoms with Crippen LogP contribution in [0.4, 0.5) is 32.8 Å². The molecule has 6 aromatic rings. The molecule has 0 radical (unpaired) electrons. The Morgan fingerprint density at radius 1 is 0.245 bits per heavy atom. The largest absolute Gasteiger partial charge is 2.00 e. The Balaban J connectivity index is -0.000000798. The molecule has 0 amide bonds. The van der Waals surface area contributed by atoms with Gasteiger partial charge < -0.3 is 74.3 Å². The van der Waals surface area contributed by atoms with Crippen molar-refractivity contribution < 1.29 is 89.7 Å². The molecule has 5 atom stereocenters. The smallest absolute Gasteiger partial charge is 0.358 e. The fraction of sp³-hybridized carbons (Fsp3) is 0.326. The van der Waals surface area contributed by atoms with Gasteiger partial charge in [-0.2, -0.15) is 0 Å². The number of fused-ring (bicyclic) bond motifs is 5. The summed E-state index contributed by atoms with van der Waals surface area (Å²) < 4.78 is 13.6. The van der Waals surface area contributed by atoms with E-state index in [2.05, 4.69) is 421 Å². The van der Waals surface area contributed by atoms with Gasteiger partial charge in [0.25, 0.3) is 0 Å². The van der Waals surface area contributed by atoms with E-state index in [-0.39, 0.29) is 193 Å². The third-order valence-corrected chi connectivity index (χ3v) is 29.0. The Kier molecular flexibility index (Phi) is 73.0. The molecule has 0 bridgehead atoms. The molecule has 0 fully saturated rings. The van der Waals surface area contributed by atoms with E-state index in [1.54, 1.807) is 12.1 Å². The van der Waals surface area contributed by atoms with Crippen LogP contribution in [0.5, 0.6) is 0 Å². The summed E-state index contributed by atoms with van der Waals surface area (Å²) >= 11 is 6.18. The van der Waals surface area contributed by atoms with Gasteiger partial charge in [0.05, 0.1) is 28.4 Å². The Morgan fingerprint density at radius 3 is 0.816 bits per heavy atom. The zero-order valence-corrected chi connectivity index (χ0v) is 98.9. The summed E-state index contributed by atoms with van der Waals surface area (Å²) in [4.78, 5) is 23.8. The van der Waals surface area contributed by atoms with E-state index in [4.69, 9.17) is 31.6 Å². The number of rotatable bonds is 24. The van der Waals surface area contributed by atoms with Gasteiger partial charge >= 0.3 is 85.3 Å². The number of unbranched alkanes of at least 4 members (excludes halogenated alkanes) is 4. The molecule has 0 saturated carbocycles. The van der Waals surface area contributed by atoms with E-state index in [0.29, 0.717) is 29.6 Å². The summed E-state index contributed by atoms with van der Waals surface area (Å²) in [6, 6.07) is 43.7. The fourth-order valence-electron chi connectivity index (χ4n) is 19.5. The zero-order valence-electron chi connectivity index (χ0n) is 92.6. The Hall–Kier alpha value is -8.71. The molecule has 5 unspecified atom stereocenters. The zero-order chi connectivity index (χ0) is 92.9. The topological polar surface area (TPSA) is 61.8 Å². The van der Waals surface area contributed by atoms with Gasteiger partial charge in [-0.1, -0.05) is 413 Å². The van der Waals surface area contributed by atoms with Crippen LogP contribution in [-0.2, 0) is 112 Å². The Bertz CT molecular complexity index is 5220. The van der Waals surface area contributed by atoms with E-state index < -0.39 is 0 Å². The number of hydrogen-bond donors (Lipinski definition) is 0. The number of halogens is 2. The van der Waals surface area contributed by atoms with Crippen molar-refractivity contribution in [1.29, 1.82) is 0 Å². The minimum atomic E-state index is -0.161. The predicted molar refractivity (Wildman–Crippen MR) is 639 cm³/mol. The molecule has 6 aromatic carbocycles. The van der Waals surface area contributed by atoms with E-state index in [9.17, 15) is 4.39 Å². The molecule has 0 saturated heterocycles. The molecule has 12 heteroatoms. The van der Waals surface area contributed by atoms with Gasteiger partial charge in [0.15, 0.2) is 0 Å². The molecule has 5 nitrogen and oxygen atoms in total. The molecule has 794 valence electrons. The maximum atomic E-state index is 13.6. The van der Waals surface area contributed by atoms with Gasteiger partial charge in [-0.25, -0.2) is 4.39 Å². The van der Waals surface area contributed by atoms with Crippen LogP contribution in [0, 0.1) is 117 Å². The Morgan fingerprint density at radius 2 is 0.497 bits per heavy atom. The van der Waals surface area contributed by atoms with Crippen molar-refractivity contribution in [2.24, 2.45) is 54.6 Å². The fourth-order valence-corrected chi connectivity index (χ4v) is 19.7. The molecule has 5 aliphatic heterocycles. The van der Waals surface area contributed by atoms with E-state index in [0.717, 1.165) is 91.1 Å². The maximum absolute atomic E-state index is 13.6. The van der Waals surface area contributed by atoms with E-state index in [1.807, 2.05) is 12.1 Å². The summed E-state index contributed by atoms with van der Waals surface area (Å²) in [5, 5.41) is 0.811. The maximum Gasteiger partial charge on any atom is 2.00 e. The molecular formula is C135H175ClFFe5N5. The van der Waals surface area contributed by atoms with Crippen molar-refractivity contribution in [1.82, 2.24) is 0 Å². The molecule has 10 aliphatic carbocycles. The first-order chi connectivity index (χ1) is 64.1. The number of allylic oxidation sites excluding steroid dienone is 40. The summed E-state index contributed by atoms with van der Waals surface area (Å²) in [5.74, 6) is 3.03. The van der Waals surface area contributed by atoms with Gasteiger partial charge in [-0.15, -0.1) is 0 Å². The summed E-state index contributed by atoms with van der Waals surface area (Å²) in [7, 11) is 0. The van der Waals surface area contributed by atoms with Crippen LogP contribution >= 0.6 is 11.6 Å². The first kappa shape index (κ1) is 145.